The number of hydrogen-bond donors (Lipinski definition) is 1. The van der Waals surface area contributed by atoms with Gasteiger partial charge in [-0.1, -0.05) is 19.1 Å². The number of benzene rings is 1. The molecule has 112 valence electrons. The lowest BCUT2D eigenvalue weighted by Crippen LogP contribution is -2.45. The summed E-state index contributed by atoms with van der Waals surface area (Å²) in [6, 6.07) is 9.32. The largest absolute Gasteiger partial charge is 0.497 e. The van der Waals surface area contributed by atoms with E-state index >= 15 is 0 Å². The third-order valence-electron chi connectivity index (χ3n) is 4.66. The maximum Gasteiger partial charge on any atom is 0.118 e. The average molecular weight is 276 g/mol. The number of nitrogens with one attached hydrogen (secondary N) is 1. The van der Waals surface area contributed by atoms with Crippen molar-refractivity contribution in [3.8, 4) is 5.75 Å². The highest BCUT2D eigenvalue weighted by molar-refractivity contribution is 5.29. The fraction of sp³-hybridized carbons (Fsp3) is 0.647. The minimum absolute atomic E-state index is 0.370. The highest BCUT2D eigenvalue weighted by atomic mass is 16.5. The molecule has 1 saturated heterocycles. The number of hydrogen-bond acceptors (Lipinski definition) is 3. The van der Waals surface area contributed by atoms with Gasteiger partial charge in [-0.3, -0.25) is 4.90 Å². The van der Waals surface area contributed by atoms with Gasteiger partial charge in [0.15, 0.2) is 0 Å². The molecule has 0 amide bonds. The first-order chi connectivity index (χ1) is 9.65. The Hall–Kier alpha value is -1.06. The second-order valence-electron chi connectivity index (χ2n) is 6.00. The molecular weight excluding hydrogens is 248 g/mol. The number of rotatable bonds is 5. The standard InChI is InChI=1S/C17H28N2O/c1-13-9-11-19(12-10-13)14(2)17(18-3)15-5-7-16(20-4)8-6-15/h5-8,13-14,17-18H,9-12H2,1-4H3. The van der Waals surface area contributed by atoms with Crippen molar-refractivity contribution in [2.24, 2.45) is 5.92 Å². The predicted molar refractivity (Wildman–Crippen MR) is 84.2 cm³/mol. The van der Waals surface area contributed by atoms with E-state index in [0.29, 0.717) is 12.1 Å². The highest BCUT2D eigenvalue weighted by Crippen LogP contribution is 2.26. The Morgan fingerprint density at radius 2 is 1.80 bits per heavy atom. The minimum Gasteiger partial charge on any atom is -0.497 e. The summed E-state index contributed by atoms with van der Waals surface area (Å²) in [5.74, 6) is 1.80. The fourth-order valence-electron chi connectivity index (χ4n) is 3.14. The van der Waals surface area contributed by atoms with Crippen molar-refractivity contribution in [2.75, 3.05) is 27.2 Å². The summed E-state index contributed by atoms with van der Waals surface area (Å²) in [6.07, 6.45) is 2.65. The van der Waals surface area contributed by atoms with Crippen molar-refractivity contribution in [1.82, 2.24) is 10.2 Å². The Morgan fingerprint density at radius 1 is 1.20 bits per heavy atom. The third-order valence-corrected chi connectivity index (χ3v) is 4.66. The zero-order valence-corrected chi connectivity index (χ0v) is 13.2. The van der Waals surface area contributed by atoms with Crippen molar-refractivity contribution >= 4 is 0 Å². The Labute approximate surface area is 123 Å². The van der Waals surface area contributed by atoms with Crippen LogP contribution in [0.2, 0.25) is 0 Å². The Morgan fingerprint density at radius 3 is 2.30 bits per heavy atom. The number of ether oxygens (including phenoxy) is 1. The first-order valence-electron chi connectivity index (χ1n) is 7.71. The lowest BCUT2D eigenvalue weighted by Gasteiger charge is -2.39. The van der Waals surface area contributed by atoms with Crippen LogP contribution in [-0.4, -0.2) is 38.2 Å². The molecule has 2 atom stereocenters. The lowest BCUT2D eigenvalue weighted by atomic mass is 9.94. The predicted octanol–water partition coefficient (Wildman–Crippen LogP) is 3.08. The molecular formula is C17H28N2O. The van der Waals surface area contributed by atoms with Crippen LogP contribution in [0.5, 0.6) is 5.75 Å². The molecule has 2 rings (SSSR count). The molecule has 0 aliphatic carbocycles. The van der Waals surface area contributed by atoms with E-state index in [-0.39, 0.29) is 0 Å². The van der Waals surface area contributed by atoms with Crippen LogP contribution in [0.3, 0.4) is 0 Å². The fourth-order valence-corrected chi connectivity index (χ4v) is 3.14. The van der Waals surface area contributed by atoms with Gasteiger partial charge < -0.3 is 10.1 Å². The van der Waals surface area contributed by atoms with E-state index in [0.717, 1.165) is 11.7 Å². The summed E-state index contributed by atoms with van der Waals surface area (Å²) in [5, 5.41) is 3.48. The van der Waals surface area contributed by atoms with Gasteiger partial charge in [0.1, 0.15) is 5.75 Å². The summed E-state index contributed by atoms with van der Waals surface area (Å²) < 4.78 is 5.24. The summed E-state index contributed by atoms with van der Waals surface area (Å²) >= 11 is 0. The van der Waals surface area contributed by atoms with Gasteiger partial charge in [0, 0.05) is 12.1 Å². The molecule has 2 unspecified atom stereocenters. The smallest absolute Gasteiger partial charge is 0.118 e. The number of nitrogens with zero attached hydrogens (tertiary/aromatic N) is 1. The Kier molecular flexibility index (Phi) is 5.44. The van der Waals surface area contributed by atoms with Crippen LogP contribution in [0.4, 0.5) is 0 Å². The number of piperidine rings is 1. The number of likely N-dealkylation sites (tertiary alicyclic amines) is 1. The van der Waals surface area contributed by atoms with E-state index in [9.17, 15) is 0 Å². The molecule has 3 nitrogen and oxygen atoms in total. The maximum absolute atomic E-state index is 5.24. The van der Waals surface area contributed by atoms with Crippen LogP contribution >= 0.6 is 0 Å². The minimum atomic E-state index is 0.370. The second-order valence-corrected chi connectivity index (χ2v) is 6.00. The summed E-state index contributed by atoms with van der Waals surface area (Å²) in [4.78, 5) is 2.62. The molecule has 1 heterocycles. The molecule has 1 aromatic rings. The zero-order chi connectivity index (χ0) is 14.5. The van der Waals surface area contributed by atoms with E-state index in [1.165, 1.54) is 31.5 Å². The average Bonchev–Trinajstić information content (AvgIpc) is 2.49. The van der Waals surface area contributed by atoms with E-state index in [1.54, 1.807) is 7.11 Å². The monoisotopic (exact) mass is 276 g/mol. The van der Waals surface area contributed by atoms with Gasteiger partial charge in [0.25, 0.3) is 0 Å². The molecule has 0 aromatic heterocycles. The molecule has 1 aromatic carbocycles. The van der Waals surface area contributed by atoms with Gasteiger partial charge in [-0.25, -0.2) is 0 Å². The SMILES string of the molecule is CNC(c1ccc(OC)cc1)C(C)N1CCC(C)CC1. The highest BCUT2D eigenvalue weighted by Gasteiger charge is 2.26. The van der Waals surface area contributed by atoms with E-state index in [2.05, 4.69) is 43.2 Å². The first-order valence-corrected chi connectivity index (χ1v) is 7.71. The van der Waals surface area contributed by atoms with Gasteiger partial charge in [0.2, 0.25) is 0 Å². The first kappa shape index (κ1) is 15.3. The van der Waals surface area contributed by atoms with Crippen LogP contribution < -0.4 is 10.1 Å². The Bertz CT molecular complexity index is 396. The van der Waals surface area contributed by atoms with Crippen molar-refractivity contribution < 1.29 is 4.74 Å². The molecule has 0 radical (unpaired) electrons. The van der Waals surface area contributed by atoms with E-state index in [1.807, 2.05) is 12.1 Å². The molecule has 0 spiro atoms. The van der Waals surface area contributed by atoms with Crippen LogP contribution in [0, 0.1) is 5.92 Å². The van der Waals surface area contributed by atoms with Crippen LogP contribution in [0.25, 0.3) is 0 Å². The Balaban J connectivity index is 2.06. The molecule has 0 bridgehead atoms. The summed E-state index contributed by atoms with van der Waals surface area (Å²) in [5.41, 5.74) is 1.33. The topological polar surface area (TPSA) is 24.5 Å². The van der Waals surface area contributed by atoms with Gasteiger partial charge in [-0.2, -0.15) is 0 Å². The van der Waals surface area contributed by atoms with Crippen molar-refractivity contribution in [2.45, 2.75) is 38.8 Å². The molecule has 20 heavy (non-hydrogen) atoms. The number of likely N-dealkylation sites (N-methyl/N-ethyl adjacent to an activating group) is 1. The lowest BCUT2D eigenvalue weighted by molar-refractivity contribution is 0.122. The molecule has 1 fully saturated rings. The van der Waals surface area contributed by atoms with Crippen molar-refractivity contribution in [3.63, 3.8) is 0 Å². The zero-order valence-electron chi connectivity index (χ0n) is 13.2. The van der Waals surface area contributed by atoms with Crippen molar-refractivity contribution in [3.05, 3.63) is 29.8 Å². The molecule has 1 aliphatic rings. The third kappa shape index (κ3) is 3.53. The molecule has 3 heteroatoms. The summed E-state index contributed by atoms with van der Waals surface area (Å²) in [6.45, 7) is 7.13. The molecule has 1 aliphatic heterocycles. The maximum atomic E-state index is 5.24. The van der Waals surface area contributed by atoms with Gasteiger partial charge in [-0.05, 0) is 63.5 Å². The van der Waals surface area contributed by atoms with Gasteiger partial charge in [0.05, 0.1) is 7.11 Å². The van der Waals surface area contributed by atoms with Crippen LogP contribution in [0.15, 0.2) is 24.3 Å². The normalized spacial score (nSPS) is 20.6. The van der Waals surface area contributed by atoms with Crippen LogP contribution in [-0.2, 0) is 0 Å². The van der Waals surface area contributed by atoms with E-state index < -0.39 is 0 Å². The quantitative estimate of drug-likeness (QED) is 0.894. The van der Waals surface area contributed by atoms with Crippen LogP contribution in [0.1, 0.15) is 38.3 Å². The van der Waals surface area contributed by atoms with Gasteiger partial charge >= 0.3 is 0 Å². The molecule has 1 N–H and O–H groups in total. The van der Waals surface area contributed by atoms with Gasteiger partial charge in [-0.15, -0.1) is 0 Å². The number of methoxy groups -OCH3 is 1. The van der Waals surface area contributed by atoms with Crippen molar-refractivity contribution in [1.29, 1.82) is 0 Å². The summed E-state index contributed by atoms with van der Waals surface area (Å²) in [7, 11) is 3.76. The second kappa shape index (κ2) is 7.09. The molecule has 0 saturated carbocycles. The van der Waals surface area contributed by atoms with E-state index in [4.69, 9.17) is 4.74 Å².